The second-order valence-electron chi connectivity index (χ2n) is 7.30. The van der Waals surface area contributed by atoms with Crippen molar-refractivity contribution in [2.45, 2.75) is 51.7 Å². The van der Waals surface area contributed by atoms with Gasteiger partial charge in [-0.05, 0) is 18.4 Å². The lowest BCUT2D eigenvalue weighted by molar-refractivity contribution is -0.151. The first-order valence-corrected chi connectivity index (χ1v) is 9.60. The summed E-state index contributed by atoms with van der Waals surface area (Å²) in [5.41, 5.74) is 0.0694. The van der Waals surface area contributed by atoms with E-state index in [1.54, 1.807) is 0 Å². The summed E-state index contributed by atoms with van der Waals surface area (Å²) in [5.74, 6) is -0.607. The van der Waals surface area contributed by atoms with Gasteiger partial charge in [0.1, 0.15) is 5.41 Å². The summed E-state index contributed by atoms with van der Waals surface area (Å²) in [6.45, 7) is 2.63. The highest BCUT2D eigenvalue weighted by atomic mass is 16.5. The number of ketones is 1. The molecule has 0 radical (unpaired) electrons. The van der Waals surface area contributed by atoms with E-state index in [1.165, 1.54) is 20.0 Å². The number of rotatable bonds is 9. The predicted molar refractivity (Wildman–Crippen MR) is 99.4 cm³/mol. The number of allylic oxidation sites excluding steroid dienone is 2. The molecule has 2 fully saturated rings. The van der Waals surface area contributed by atoms with Gasteiger partial charge in [-0.3, -0.25) is 9.59 Å². The van der Waals surface area contributed by atoms with Gasteiger partial charge in [0.2, 0.25) is 0 Å². The number of esters is 1. The molecule has 0 spiro atoms. The molecule has 0 saturated heterocycles. The Morgan fingerprint density at radius 3 is 2.73 bits per heavy atom. The Kier molecular flexibility index (Phi) is 5.92. The molecule has 0 heterocycles. The smallest absolute Gasteiger partial charge is 0.320 e. The molecular weight excluding hydrogens is 328 g/mol. The molecule has 0 N–H and O–H groups in total. The first-order valence-electron chi connectivity index (χ1n) is 9.60. The molecule has 0 aliphatic heterocycles. The van der Waals surface area contributed by atoms with E-state index >= 15 is 0 Å². The molecule has 4 nitrogen and oxygen atoms in total. The molecule has 0 aromatic heterocycles. The lowest BCUT2D eigenvalue weighted by Crippen LogP contribution is -2.27. The van der Waals surface area contributed by atoms with Crippen LogP contribution in [0.15, 0.2) is 42.5 Å². The van der Waals surface area contributed by atoms with E-state index in [9.17, 15) is 9.59 Å². The fourth-order valence-electron chi connectivity index (χ4n) is 4.34. The molecule has 1 aromatic rings. The summed E-state index contributed by atoms with van der Waals surface area (Å²) in [4.78, 5) is 25.1. The highest BCUT2D eigenvalue weighted by Crippen LogP contribution is 2.68. The number of hydrogen-bond donors (Lipinski definition) is 0. The van der Waals surface area contributed by atoms with E-state index in [1.807, 2.05) is 36.4 Å². The Morgan fingerprint density at radius 2 is 2.04 bits per heavy atom. The number of carbonyl (C=O) groups excluding carboxylic acids is 2. The SMILES string of the molecule is CCCCCC=CC1C2C(OCc3ccccc3)CC(=O)C12C(=O)OC. The first kappa shape index (κ1) is 18.8. The second kappa shape index (κ2) is 8.17. The minimum atomic E-state index is -1.00. The Labute approximate surface area is 155 Å². The minimum absolute atomic E-state index is 0.0318. The summed E-state index contributed by atoms with van der Waals surface area (Å²) in [5, 5.41) is 0. The molecule has 2 aliphatic rings. The van der Waals surface area contributed by atoms with Crippen molar-refractivity contribution in [3.63, 3.8) is 0 Å². The van der Waals surface area contributed by atoms with Crippen LogP contribution in [0.4, 0.5) is 0 Å². The van der Waals surface area contributed by atoms with Crippen molar-refractivity contribution in [2.75, 3.05) is 7.11 Å². The van der Waals surface area contributed by atoms with Crippen molar-refractivity contribution in [1.29, 1.82) is 0 Å². The van der Waals surface area contributed by atoms with E-state index in [2.05, 4.69) is 13.0 Å². The van der Waals surface area contributed by atoms with Gasteiger partial charge in [-0.15, -0.1) is 0 Å². The molecule has 0 amide bonds. The van der Waals surface area contributed by atoms with E-state index in [0.29, 0.717) is 13.0 Å². The van der Waals surface area contributed by atoms with Gasteiger partial charge in [0.25, 0.3) is 0 Å². The molecule has 4 unspecified atom stereocenters. The van der Waals surface area contributed by atoms with Gasteiger partial charge >= 0.3 is 5.97 Å². The van der Waals surface area contributed by atoms with Crippen LogP contribution < -0.4 is 0 Å². The first-order chi connectivity index (χ1) is 12.7. The van der Waals surface area contributed by atoms with Gasteiger partial charge < -0.3 is 9.47 Å². The highest BCUT2D eigenvalue weighted by Gasteiger charge is 2.79. The zero-order valence-electron chi connectivity index (χ0n) is 15.6. The van der Waals surface area contributed by atoms with Crippen LogP contribution in [0.3, 0.4) is 0 Å². The molecule has 26 heavy (non-hydrogen) atoms. The largest absolute Gasteiger partial charge is 0.468 e. The maximum Gasteiger partial charge on any atom is 0.320 e. The van der Waals surface area contributed by atoms with Crippen LogP contribution in [0.5, 0.6) is 0 Å². The van der Waals surface area contributed by atoms with Crippen molar-refractivity contribution in [1.82, 2.24) is 0 Å². The number of fused-ring (bicyclic) bond motifs is 1. The molecule has 4 heteroatoms. The second-order valence-corrected chi connectivity index (χ2v) is 7.30. The average Bonchev–Trinajstić information content (AvgIpc) is 3.24. The lowest BCUT2D eigenvalue weighted by Gasteiger charge is -2.14. The van der Waals surface area contributed by atoms with Crippen LogP contribution in [0.2, 0.25) is 0 Å². The number of carbonyl (C=O) groups is 2. The maximum absolute atomic E-state index is 12.7. The molecular formula is C22H28O4. The van der Waals surface area contributed by atoms with Crippen molar-refractivity contribution >= 4 is 11.8 Å². The zero-order chi connectivity index (χ0) is 18.6. The van der Waals surface area contributed by atoms with Gasteiger partial charge in [0.15, 0.2) is 5.78 Å². The van der Waals surface area contributed by atoms with Crippen molar-refractivity contribution in [2.24, 2.45) is 17.3 Å². The van der Waals surface area contributed by atoms with Gasteiger partial charge in [-0.1, -0.05) is 62.2 Å². The molecule has 4 atom stereocenters. The molecule has 3 rings (SSSR count). The Morgan fingerprint density at radius 1 is 1.27 bits per heavy atom. The fraction of sp³-hybridized carbons (Fsp3) is 0.545. The summed E-state index contributed by atoms with van der Waals surface area (Å²) in [6.07, 6.45) is 8.75. The number of ether oxygens (including phenoxy) is 2. The quantitative estimate of drug-likeness (QED) is 0.289. The molecule has 0 bridgehead atoms. The lowest BCUT2D eigenvalue weighted by atomic mass is 9.97. The van der Waals surface area contributed by atoms with Crippen molar-refractivity contribution in [3.05, 3.63) is 48.0 Å². The summed E-state index contributed by atoms with van der Waals surface area (Å²) < 4.78 is 11.0. The zero-order valence-corrected chi connectivity index (χ0v) is 15.6. The highest BCUT2D eigenvalue weighted by molar-refractivity contribution is 6.11. The van der Waals surface area contributed by atoms with Gasteiger partial charge in [-0.2, -0.15) is 0 Å². The van der Waals surface area contributed by atoms with Crippen LogP contribution in [-0.2, 0) is 25.7 Å². The summed E-state index contributed by atoms with van der Waals surface area (Å²) in [7, 11) is 1.36. The molecule has 2 saturated carbocycles. The molecule has 140 valence electrons. The Hall–Kier alpha value is -1.94. The standard InChI is InChI=1S/C22H28O4/c1-3-4-5-6-10-13-17-20-18(26-15-16-11-8-7-9-12-16)14-19(23)22(17,20)21(24)25-2/h7-13,17-18,20H,3-6,14-15H2,1-2H3. The summed E-state index contributed by atoms with van der Waals surface area (Å²) >= 11 is 0. The average molecular weight is 356 g/mol. The monoisotopic (exact) mass is 356 g/mol. The number of benzene rings is 1. The Balaban J connectivity index is 1.68. The van der Waals surface area contributed by atoms with Crippen molar-refractivity contribution < 1.29 is 19.1 Å². The van der Waals surface area contributed by atoms with E-state index in [0.717, 1.165) is 18.4 Å². The maximum atomic E-state index is 12.7. The van der Waals surface area contributed by atoms with E-state index < -0.39 is 11.4 Å². The topological polar surface area (TPSA) is 52.6 Å². The number of methoxy groups -OCH3 is 1. The van der Waals surface area contributed by atoms with Crippen LogP contribution in [0.1, 0.15) is 44.6 Å². The van der Waals surface area contributed by atoms with Crippen LogP contribution in [0.25, 0.3) is 0 Å². The summed E-state index contributed by atoms with van der Waals surface area (Å²) in [6, 6.07) is 9.90. The molecule has 1 aromatic carbocycles. The van der Waals surface area contributed by atoms with Gasteiger partial charge in [0.05, 0.1) is 19.8 Å². The third-order valence-corrected chi connectivity index (χ3v) is 5.73. The minimum Gasteiger partial charge on any atom is -0.468 e. The van der Waals surface area contributed by atoms with Crippen LogP contribution in [0, 0.1) is 17.3 Å². The third-order valence-electron chi connectivity index (χ3n) is 5.73. The van der Waals surface area contributed by atoms with Crippen LogP contribution in [-0.4, -0.2) is 25.0 Å². The van der Waals surface area contributed by atoms with Gasteiger partial charge in [-0.25, -0.2) is 0 Å². The molecule has 2 aliphatic carbocycles. The fourth-order valence-corrected chi connectivity index (χ4v) is 4.34. The number of Topliss-reactive ketones (excluding diaryl/α,β-unsaturated/α-hetero) is 1. The van der Waals surface area contributed by atoms with Crippen molar-refractivity contribution in [3.8, 4) is 0 Å². The Bertz CT molecular complexity index is 666. The predicted octanol–water partition coefficient (Wildman–Crippen LogP) is 4.09. The normalized spacial score (nSPS) is 29.8. The third kappa shape index (κ3) is 3.35. The van der Waals surface area contributed by atoms with Gasteiger partial charge in [0, 0.05) is 18.3 Å². The van der Waals surface area contributed by atoms with Crippen LogP contribution >= 0.6 is 0 Å². The van der Waals surface area contributed by atoms with E-state index in [-0.39, 0.29) is 23.7 Å². The number of unbranched alkanes of at least 4 members (excludes halogenated alkanes) is 3. The van der Waals surface area contributed by atoms with E-state index in [4.69, 9.17) is 9.47 Å². The number of hydrogen-bond acceptors (Lipinski definition) is 4.